The molecule has 0 saturated carbocycles. The van der Waals surface area contributed by atoms with Gasteiger partial charge in [0.1, 0.15) is 0 Å². The maximum Gasteiger partial charge on any atom is 0.254 e. The van der Waals surface area contributed by atoms with E-state index >= 15 is 0 Å². The lowest BCUT2D eigenvalue weighted by Crippen LogP contribution is -2.28. The van der Waals surface area contributed by atoms with Crippen LogP contribution in [0.1, 0.15) is 27.9 Å². The van der Waals surface area contributed by atoms with E-state index in [2.05, 4.69) is 5.32 Å². The third kappa shape index (κ3) is 3.99. The van der Waals surface area contributed by atoms with Gasteiger partial charge in [-0.3, -0.25) is 4.79 Å². The molecule has 0 saturated heterocycles. The number of amides is 1. The molecule has 0 atom stereocenters. The Morgan fingerprint density at radius 3 is 2.88 bits per heavy atom. The van der Waals surface area contributed by atoms with E-state index in [1.54, 1.807) is 30.1 Å². The van der Waals surface area contributed by atoms with Gasteiger partial charge >= 0.3 is 0 Å². The van der Waals surface area contributed by atoms with Crippen LogP contribution in [0.2, 0.25) is 0 Å². The number of nitrogens with zero attached hydrogens (tertiary/aromatic N) is 1. The lowest BCUT2D eigenvalue weighted by atomic mass is 9.97. The molecule has 0 spiro atoms. The van der Waals surface area contributed by atoms with E-state index in [4.69, 9.17) is 4.74 Å². The molecule has 0 fully saturated rings. The summed E-state index contributed by atoms with van der Waals surface area (Å²) in [6.07, 6.45) is 1.96. The lowest BCUT2D eigenvalue weighted by molar-refractivity contribution is 0.0784. The molecule has 0 radical (unpaired) electrons. The minimum Gasteiger partial charge on any atom is -0.504 e. The molecule has 2 N–H and O–H groups in total. The highest BCUT2D eigenvalue weighted by atomic mass is 35.5. The summed E-state index contributed by atoms with van der Waals surface area (Å²) in [4.78, 5) is 14.6. The number of methoxy groups -OCH3 is 1. The number of carbonyl (C=O) groups excluding carboxylic acids is 1. The van der Waals surface area contributed by atoms with Gasteiger partial charge in [0.05, 0.1) is 7.11 Å². The van der Waals surface area contributed by atoms with Gasteiger partial charge in [-0.15, -0.1) is 12.4 Å². The number of benzene rings is 2. The Kier molecular flexibility index (Phi) is 6.15. The number of fused-ring (bicyclic) bond motifs is 1. The van der Waals surface area contributed by atoms with Crippen molar-refractivity contribution in [1.82, 2.24) is 4.90 Å². The SMILES string of the molecule is COc1cc(CN(C)C(=O)c2cccc3c2CCCN3)ccc1O.Cl. The van der Waals surface area contributed by atoms with Gasteiger partial charge in [-0.1, -0.05) is 12.1 Å². The number of rotatable bonds is 4. The second kappa shape index (κ2) is 8.12. The van der Waals surface area contributed by atoms with Gasteiger partial charge in [0.25, 0.3) is 5.91 Å². The Morgan fingerprint density at radius 1 is 1.32 bits per heavy atom. The third-order valence-corrected chi connectivity index (χ3v) is 4.34. The maximum atomic E-state index is 12.9. The molecule has 1 aliphatic heterocycles. The fraction of sp³-hybridized carbons (Fsp3) is 0.316. The van der Waals surface area contributed by atoms with E-state index in [1.807, 2.05) is 18.2 Å². The van der Waals surface area contributed by atoms with Crippen LogP contribution in [0.3, 0.4) is 0 Å². The molecule has 25 heavy (non-hydrogen) atoms. The molecule has 0 bridgehead atoms. The molecule has 0 aromatic heterocycles. The number of phenols is 1. The largest absolute Gasteiger partial charge is 0.504 e. The lowest BCUT2D eigenvalue weighted by Gasteiger charge is -2.24. The summed E-state index contributed by atoms with van der Waals surface area (Å²) in [7, 11) is 3.30. The molecule has 1 heterocycles. The molecule has 5 nitrogen and oxygen atoms in total. The zero-order chi connectivity index (χ0) is 17.1. The van der Waals surface area contributed by atoms with Crippen molar-refractivity contribution in [1.29, 1.82) is 0 Å². The van der Waals surface area contributed by atoms with Crippen molar-refractivity contribution in [3.63, 3.8) is 0 Å². The molecule has 3 rings (SSSR count). The number of halogens is 1. The highest BCUT2D eigenvalue weighted by molar-refractivity contribution is 5.97. The van der Waals surface area contributed by atoms with Gasteiger partial charge < -0.3 is 20.1 Å². The van der Waals surface area contributed by atoms with Crippen LogP contribution in [0.25, 0.3) is 0 Å². The van der Waals surface area contributed by atoms with Gasteiger partial charge in [-0.25, -0.2) is 0 Å². The first-order chi connectivity index (χ1) is 11.6. The second-order valence-electron chi connectivity index (χ2n) is 6.03. The zero-order valence-corrected chi connectivity index (χ0v) is 15.2. The summed E-state index contributed by atoms with van der Waals surface area (Å²) in [5.74, 6) is 0.510. The molecule has 2 aromatic carbocycles. The van der Waals surface area contributed by atoms with Crippen molar-refractivity contribution in [2.45, 2.75) is 19.4 Å². The maximum absolute atomic E-state index is 12.9. The van der Waals surface area contributed by atoms with Crippen LogP contribution in [0.4, 0.5) is 5.69 Å². The zero-order valence-electron chi connectivity index (χ0n) is 14.4. The van der Waals surface area contributed by atoms with Gasteiger partial charge in [0, 0.05) is 31.4 Å². The fourth-order valence-corrected chi connectivity index (χ4v) is 3.08. The molecule has 0 aliphatic carbocycles. The van der Waals surface area contributed by atoms with Crippen molar-refractivity contribution in [2.24, 2.45) is 0 Å². The van der Waals surface area contributed by atoms with Crippen molar-refractivity contribution in [3.8, 4) is 11.5 Å². The van der Waals surface area contributed by atoms with Crippen LogP contribution in [0.15, 0.2) is 36.4 Å². The number of anilines is 1. The Morgan fingerprint density at radius 2 is 2.12 bits per heavy atom. The normalized spacial score (nSPS) is 12.4. The summed E-state index contributed by atoms with van der Waals surface area (Å²) in [6.45, 7) is 1.40. The van der Waals surface area contributed by atoms with Crippen LogP contribution in [-0.4, -0.2) is 36.6 Å². The molecular formula is C19H23ClN2O3. The Balaban J connectivity index is 0.00000225. The number of carbonyl (C=O) groups is 1. The minimum absolute atomic E-state index is 0. The van der Waals surface area contributed by atoms with E-state index in [-0.39, 0.29) is 24.1 Å². The number of aromatic hydroxyl groups is 1. The van der Waals surface area contributed by atoms with Crippen LogP contribution in [-0.2, 0) is 13.0 Å². The number of hydrogen-bond acceptors (Lipinski definition) is 4. The first-order valence-electron chi connectivity index (χ1n) is 8.07. The van der Waals surface area contributed by atoms with E-state index in [0.29, 0.717) is 12.3 Å². The first-order valence-corrected chi connectivity index (χ1v) is 8.07. The van der Waals surface area contributed by atoms with Crippen molar-refractivity contribution in [3.05, 3.63) is 53.1 Å². The smallest absolute Gasteiger partial charge is 0.254 e. The Hall–Kier alpha value is -2.40. The quantitative estimate of drug-likeness (QED) is 0.874. The monoisotopic (exact) mass is 362 g/mol. The molecule has 1 aliphatic rings. The highest BCUT2D eigenvalue weighted by Gasteiger charge is 2.20. The second-order valence-corrected chi connectivity index (χ2v) is 6.03. The molecule has 1 amide bonds. The molecule has 0 unspecified atom stereocenters. The van der Waals surface area contributed by atoms with E-state index in [0.717, 1.165) is 41.8 Å². The van der Waals surface area contributed by atoms with Gasteiger partial charge in [-0.05, 0) is 48.2 Å². The topological polar surface area (TPSA) is 61.8 Å². The summed E-state index contributed by atoms with van der Waals surface area (Å²) in [6, 6.07) is 11.0. The third-order valence-electron chi connectivity index (χ3n) is 4.34. The summed E-state index contributed by atoms with van der Waals surface area (Å²) >= 11 is 0. The van der Waals surface area contributed by atoms with Crippen molar-refractivity contribution < 1.29 is 14.6 Å². The van der Waals surface area contributed by atoms with Crippen molar-refractivity contribution >= 4 is 24.0 Å². The number of hydrogen-bond donors (Lipinski definition) is 2. The average molecular weight is 363 g/mol. The van der Waals surface area contributed by atoms with E-state index in [1.165, 1.54) is 7.11 Å². The first kappa shape index (κ1) is 18.9. The van der Waals surface area contributed by atoms with Gasteiger partial charge in [0.2, 0.25) is 0 Å². The highest BCUT2D eigenvalue weighted by Crippen LogP contribution is 2.28. The molecule has 134 valence electrons. The summed E-state index contributed by atoms with van der Waals surface area (Å²) in [5.41, 5.74) is 3.83. The van der Waals surface area contributed by atoms with E-state index in [9.17, 15) is 9.90 Å². The van der Waals surface area contributed by atoms with E-state index < -0.39 is 0 Å². The minimum atomic E-state index is 0. The van der Waals surface area contributed by atoms with Crippen molar-refractivity contribution in [2.75, 3.05) is 26.0 Å². The standard InChI is InChI=1S/C19H22N2O3.ClH/c1-21(12-13-8-9-17(22)18(11-13)24-2)19(23)15-5-3-7-16-14(15)6-4-10-20-16;/h3,5,7-9,11,20,22H,4,6,10,12H2,1-2H3;1H. The summed E-state index contributed by atoms with van der Waals surface area (Å²) < 4.78 is 5.13. The summed E-state index contributed by atoms with van der Waals surface area (Å²) in [5, 5.41) is 13.0. The molecular weight excluding hydrogens is 340 g/mol. The Labute approximate surface area is 154 Å². The number of phenolic OH excluding ortho intramolecular Hbond substituents is 1. The predicted molar refractivity (Wildman–Crippen MR) is 101 cm³/mol. The number of nitrogens with one attached hydrogen (secondary N) is 1. The fourth-order valence-electron chi connectivity index (χ4n) is 3.08. The van der Waals surface area contributed by atoms with Gasteiger partial charge in [-0.2, -0.15) is 0 Å². The Bertz CT molecular complexity index is 764. The van der Waals surface area contributed by atoms with Crippen LogP contribution < -0.4 is 10.1 Å². The van der Waals surface area contributed by atoms with Crippen LogP contribution in [0.5, 0.6) is 11.5 Å². The average Bonchev–Trinajstić information content (AvgIpc) is 2.62. The van der Waals surface area contributed by atoms with Gasteiger partial charge in [0.15, 0.2) is 11.5 Å². The van der Waals surface area contributed by atoms with Crippen LogP contribution in [0, 0.1) is 0 Å². The predicted octanol–water partition coefficient (Wildman–Crippen LogP) is 3.45. The number of ether oxygens (including phenoxy) is 1. The molecule has 6 heteroatoms. The van der Waals surface area contributed by atoms with Crippen LogP contribution >= 0.6 is 12.4 Å². The molecule has 2 aromatic rings.